The van der Waals surface area contributed by atoms with Crippen LogP contribution in [0.4, 0.5) is 10.2 Å². The fourth-order valence-corrected chi connectivity index (χ4v) is 3.03. The Morgan fingerprint density at radius 3 is 2.55 bits per heavy atom. The first-order valence-electron chi connectivity index (χ1n) is 7.14. The fraction of sp³-hybridized carbons (Fsp3) is 0.312. The van der Waals surface area contributed by atoms with E-state index in [1.807, 2.05) is 24.3 Å². The summed E-state index contributed by atoms with van der Waals surface area (Å²) in [5, 5.41) is 0.646. The largest absolute Gasteiger partial charge is 0.354 e. The molecule has 2 aromatic rings. The van der Waals surface area contributed by atoms with Crippen LogP contribution in [0.2, 0.25) is 5.02 Å². The molecule has 0 unspecified atom stereocenters. The van der Waals surface area contributed by atoms with E-state index in [9.17, 15) is 4.39 Å². The summed E-state index contributed by atoms with van der Waals surface area (Å²) in [6.45, 7) is 4.18. The van der Waals surface area contributed by atoms with Crippen molar-refractivity contribution in [3.8, 4) is 0 Å². The molecule has 0 saturated carbocycles. The Balaban J connectivity index is 1.58. The first-order chi connectivity index (χ1) is 10.6. The van der Waals surface area contributed by atoms with Crippen molar-refractivity contribution in [1.29, 1.82) is 0 Å². The highest BCUT2D eigenvalue weighted by Gasteiger charge is 2.19. The number of rotatable bonds is 3. The highest BCUT2D eigenvalue weighted by Crippen LogP contribution is 2.19. The Hall–Kier alpha value is -1.17. The maximum atomic E-state index is 13.9. The van der Waals surface area contributed by atoms with E-state index in [2.05, 4.69) is 30.7 Å². The summed E-state index contributed by atoms with van der Waals surface area (Å²) >= 11 is 9.15. The predicted octanol–water partition coefficient (Wildman–Crippen LogP) is 3.96. The van der Waals surface area contributed by atoms with Gasteiger partial charge in [-0.25, -0.2) is 9.37 Å². The van der Waals surface area contributed by atoms with Gasteiger partial charge < -0.3 is 4.90 Å². The van der Waals surface area contributed by atoms with E-state index in [0.717, 1.165) is 42.0 Å². The van der Waals surface area contributed by atoms with E-state index in [1.165, 1.54) is 6.07 Å². The molecule has 0 spiro atoms. The predicted molar refractivity (Wildman–Crippen MR) is 90.8 cm³/mol. The average Bonchev–Trinajstić information content (AvgIpc) is 2.52. The van der Waals surface area contributed by atoms with Crippen LogP contribution in [0.3, 0.4) is 0 Å². The van der Waals surface area contributed by atoms with Crippen molar-refractivity contribution in [2.75, 3.05) is 31.1 Å². The molecule has 2 heterocycles. The van der Waals surface area contributed by atoms with E-state index in [-0.39, 0.29) is 5.82 Å². The van der Waals surface area contributed by atoms with Gasteiger partial charge in [0.2, 0.25) is 0 Å². The summed E-state index contributed by atoms with van der Waals surface area (Å²) < 4.78 is 14.7. The first kappa shape index (κ1) is 15.7. The Bertz CT molecular complexity index is 642. The monoisotopic (exact) mass is 383 g/mol. The minimum atomic E-state index is -0.156. The molecule has 116 valence electrons. The molecule has 1 aliphatic rings. The molecule has 1 aromatic carbocycles. The van der Waals surface area contributed by atoms with Gasteiger partial charge in [-0.3, -0.25) is 4.90 Å². The summed E-state index contributed by atoms with van der Waals surface area (Å²) in [7, 11) is 0. The van der Waals surface area contributed by atoms with E-state index in [1.54, 1.807) is 6.20 Å². The second-order valence-electron chi connectivity index (χ2n) is 5.33. The third-order valence-corrected chi connectivity index (χ3v) is 4.53. The summed E-state index contributed by atoms with van der Waals surface area (Å²) in [5.41, 5.74) is 0.737. The molecule has 0 N–H and O–H groups in total. The number of piperazine rings is 1. The number of hydrogen-bond acceptors (Lipinski definition) is 3. The van der Waals surface area contributed by atoms with Crippen molar-refractivity contribution < 1.29 is 4.39 Å². The highest BCUT2D eigenvalue weighted by molar-refractivity contribution is 9.10. The van der Waals surface area contributed by atoms with Crippen LogP contribution in [-0.2, 0) is 6.54 Å². The maximum Gasteiger partial charge on any atom is 0.128 e. The van der Waals surface area contributed by atoms with E-state index in [0.29, 0.717) is 11.6 Å². The van der Waals surface area contributed by atoms with Gasteiger partial charge in [0.05, 0.1) is 5.02 Å². The topological polar surface area (TPSA) is 19.4 Å². The molecule has 1 aromatic heterocycles. The van der Waals surface area contributed by atoms with Gasteiger partial charge in [-0.15, -0.1) is 0 Å². The summed E-state index contributed by atoms with van der Waals surface area (Å²) in [6.07, 6.45) is 1.67. The van der Waals surface area contributed by atoms with Crippen LogP contribution in [0, 0.1) is 5.82 Å². The molecule has 0 atom stereocenters. The van der Waals surface area contributed by atoms with Crippen molar-refractivity contribution >= 4 is 33.3 Å². The first-order valence-corrected chi connectivity index (χ1v) is 8.32. The lowest BCUT2D eigenvalue weighted by Gasteiger charge is -2.35. The van der Waals surface area contributed by atoms with Gasteiger partial charge in [-0.1, -0.05) is 33.6 Å². The van der Waals surface area contributed by atoms with Crippen molar-refractivity contribution in [3.63, 3.8) is 0 Å². The zero-order valence-electron chi connectivity index (χ0n) is 12.0. The van der Waals surface area contributed by atoms with Crippen LogP contribution in [0.5, 0.6) is 0 Å². The molecular formula is C16H16BrClFN3. The number of pyridine rings is 1. The van der Waals surface area contributed by atoms with Gasteiger partial charge in [0.15, 0.2) is 0 Å². The lowest BCUT2D eigenvalue weighted by Crippen LogP contribution is -2.46. The Morgan fingerprint density at radius 2 is 1.91 bits per heavy atom. The third kappa shape index (κ3) is 3.77. The molecule has 0 bridgehead atoms. The second-order valence-corrected chi connectivity index (χ2v) is 6.69. The van der Waals surface area contributed by atoms with E-state index < -0.39 is 0 Å². The van der Waals surface area contributed by atoms with Crippen molar-refractivity contribution in [3.05, 3.63) is 57.4 Å². The highest BCUT2D eigenvalue weighted by atomic mass is 79.9. The number of nitrogens with zero attached hydrogens (tertiary/aromatic N) is 3. The molecule has 22 heavy (non-hydrogen) atoms. The van der Waals surface area contributed by atoms with Gasteiger partial charge in [-0.2, -0.15) is 0 Å². The lowest BCUT2D eigenvalue weighted by atomic mass is 10.2. The van der Waals surface area contributed by atoms with Gasteiger partial charge in [0, 0.05) is 49.0 Å². The molecule has 0 aliphatic carbocycles. The minimum Gasteiger partial charge on any atom is -0.354 e. The average molecular weight is 385 g/mol. The maximum absolute atomic E-state index is 13.9. The van der Waals surface area contributed by atoms with Crippen LogP contribution >= 0.6 is 27.5 Å². The number of aromatic nitrogens is 1. The van der Waals surface area contributed by atoms with Crippen LogP contribution in [0.1, 0.15) is 5.56 Å². The normalized spacial score (nSPS) is 16.0. The van der Waals surface area contributed by atoms with Crippen LogP contribution in [-0.4, -0.2) is 36.1 Å². The van der Waals surface area contributed by atoms with Gasteiger partial charge in [0.1, 0.15) is 11.6 Å². The molecule has 3 rings (SSSR count). The summed E-state index contributed by atoms with van der Waals surface area (Å²) in [6, 6.07) is 9.03. The van der Waals surface area contributed by atoms with Crippen molar-refractivity contribution in [1.82, 2.24) is 9.88 Å². The number of anilines is 1. The second kappa shape index (κ2) is 6.94. The molecule has 1 saturated heterocycles. The van der Waals surface area contributed by atoms with Crippen molar-refractivity contribution in [2.24, 2.45) is 0 Å². The Morgan fingerprint density at radius 1 is 1.14 bits per heavy atom. The molecular weight excluding hydrogens is 369 g/mol. The Labute approximate surface area is 142 Å². The standard InChI is InChI=1S/C16H16BrClFN3/c17-13-2-1-12(15(19)9-13)11-21-5-7-22(8-6-21)16-4-3-14(18)10-20-16/h1-4,9-10H,5-8,11H2. The fourth-order valence-electron chi connectivity index (χ4n) is 2.58. The number of halogens is 3. The summed E-state index contributed by atoms with van der Waals surface area (Å²) in [5.74, 6) is 0.787. The number of hydrogen-bond donors (Lipinski definition) is 0. The van der Waals surface area contributed by atoms with Crippen molar-refractivity contribution in [2.45, 2.75) is 6.54 Å². The molecule has 1 aliphatic heterocycles. The van der Waals surface area contributed by atoms with E-state index >= 15 is 0 Å². The third-order valence-electron chi connectivity index (χ3n) is 3.82. The number of benzene rings is 1. The summed E-state index contributed by atoms with van der Waals surface area (Å²) in [4.78, 5) is 8.83. The molecule has 3 nitrogen and oxygen atoms in total. The molecule has 6 heteroatoms. The zero-order valence-corrected chi connectivity index (χ0v) is 14.3. The van der Waals surface area contributed by atoms with E-state index in [4.69, 9.17) is 11.6 Å². The van der Waals surface area contributed by atoms with Crippen LogP contribution in [0.25, 0.3) is 0 Å². The SMILES string of the molecule is Fc1cc(Br)ccc1CN1CCN(c2ccc(Cl)cn2)CC1. The quantitative estimate of drug-likeness (QED) is 0.798. The van der Waals surface area contributed by atoms with Crippen LogP contribution in [0.15, 0.2) is 41.0 Å². The zero-order chi connectivity index (χ0) is 15.5. The Kier molecular flexibility index (Phi) is 4.96. The van der Waals surface area contributed by atoms with Gasteiger partial charge in [-0.05, 0) is 24.3 Å². The minimum absolute atomic E-state index is 0.156. The van der Waals surface area contributed by atoms with Gasteiger partial charge in [0.25, 0.3) is 0 Å². The smallest absolute Gasteiger partial charge is 0.128 e. The molecule has 1 fully saturated rings. The lowest BCUT2D eigenvalue weighted by molar-refractivity contribution is 0.246. The van der Waals surface area contributed by atoms with Gasteiger partial charge >= 0.3 is 0 Å². The molecule has 0 amide bonds. The van der Waals surface area contributed by atoms with Crippen LogP contribution < -0.4 is 4.90 Å². The molecule has 0 radical (unpaired) electrons.